The third-order valence-corrected chi connectivity index (χ3v) is 3.51. The lowest BCUT2D eigenvalue weighted by Gasteiger charge is -2.01. The molecule has 2 aromatic rings. The van der Waals surface area contributed by atoms with E-state index in [9.17, 15) is 0 Å². The van der Waals surface area contributed by atoms with Crippen LogP contribution >= 0.6 is 0 Å². The molecule has 130 valence electrons. The van der Waals surface area contributed by atoms with Crippen molar-refractivity contribution in [3.05, 3.63) is 59.7 Å². The minimum Gasteiger partial charge on any atom is -0.160 e. The Morgan fingerprint density at radius 3 is 1.35 bits per heavy atom. The highest BCUT2D eigenvalue weighted by atomic mass is 15.2. The second kappa shape index (κ2) is 9.64. The van der Waals surface area contributed by atoms with E-state index in [1.807, 2.05) is 62.4 Å². The van der Waals surface area contributed by atoms with E-state index in [0.717, 1.165) is 22.6 Å². The van der Waals surface area contributed by atoms with Crippen molar-refractivity contribution >= 4 is 22.8 Å². The van der Waals surface area contributed by atoms with Gasteiger partial charge in [0.15, 0.2) is 21.6 Å². The minimum atomic E-state index is 0.655. The second-order valence-electron chi connectivity index (χ2n) is 5.76. The van der Waals surface area contributed by atoms with Crippen LogP contribution in [-0.2, 0) is 12.8 Å². The summed E-state index contributed by atoms with van der Waals surface area (Å²) in [7, 11) is 0. The van der Waals surface area contributed by atoms with Crippen molar-refractivity contribution in [1.29, 1.82) is 11.1 Å². The monoisotopic (exact) mass is 348 g/mol. The summed E-state index contributed by atoms with van der Waals surface area (Å²) in [5.41, 5.74) is 18.8. The Morgan fingerprint density at radius 1 is 0.692 bits per heavy atom. The molecule has 0 saturated heterocycles. The van der Waals surface area contributed by atoms with Gasteiger partial charge in [-0.2, -0.15) is 10.2 Å². The van der Waals surface area contributed by atoms with Crippen LogP contribution < -0.4 is 9.82 Å². The molecule has 0 aromatic heterocycles. The van der Waals surface area contributed by atoms with Crippen LogP contribution in [0.4, 0.5) is 11.4 Å². The van der Waals surface area contributed by atoms with Crippen LogP contribution in [0.1, 0.15) is 25.0 Å². The van der Waals surface area contributed by atoms with Gasteiger partial charge in [-0.25, -0.2) is 0 Å². The fraction of sp³-hybridized carbons (Fsp3) is 0.222. The summed E-state index contributed by atoms with van der Waals surface area (Å²) in [4.78, 5) is 6.02. The first-order valence-electron chi connectivity index (χ1n) is 8.00. The summed E-state index contributed by atoms with van der Waals surface area (Å²) >= 11 is 0. The van der Waals surface area contributed by atoms with E-state index in [1.165, 1.54) is 0 Å². The highest BCUT2D eigenvalue weighted by Crippen LogP contribution is 2.14. The summed E-state index contributed by atoms with van der Waals surface area (Å²) < 4.78 is 0. The normalized spacial score (nSPS) is 11.5. The fourth-order valence-corrected chi connectivity index (χ4v) is 2.31. The Hall–Kier alpha value is -3.60. The van der Waals surface area contributed by atoms with Crippen molar-refractivity contribution in [2.75, 3.05) is 0 Å². The molecule has 0 unspecified atom stereocenters. The maximum atomic E-state index is 6.72. The van der Waals surface area contributed by atoms with Gasteiger partial charge in [0.25, 0.3) is 0 Å². The van der Waals surface area contributed by atoms with Crippen LogP contribution in [0.25, 0.3) is 0 Å². The van der Waals surface area contributed by atoms with Gasteiger partial charge in [-0.15, -0.1) is 0 Å². The molecule has 0 radical (unpaired) electrons. The van der Waals surface area contributed by atoms with Crippen molar-refractivity contribution in [3.63, 3.8) is 0 Å². The van der Waals surface area contributed by atoms with Gasteiger partial charge in [-0.3, -0.25) is 0 Å². The Bertz CT molecular complexity index is 820. The van der Waals surface area contributed by atoms with Crippen LogP contribution in [0.5, 0.6) is 0 Å². The van der Waals surface area contributed by atoms with Crippen LogP contribution in [-0.4, -0.2) is 11.4 Å². The summed E-state index contributed by atoms with van der Waals surface area (Å²) in [6.45, 7) is 3.88. The predicted octanol–water partition coefficient (Wildman–Crippen LogP) is 4.67. The van der Waals surface area contributed by atoms with E-state index >= 15 is 0 Å². The highest BCUT2D eigenvalue weighted by molar-refractivity contribution is 5.87. The van der Waals surface area contributed by atoms with Gasteiger partial charge in [0.05, 0.1) is 0 Å². The Morgan fingerprint density at radius 2 is 1.04 bits per heavy atom. The Labute approximate surface area is 151 Å². The molecule has 0 aliphatic carbocycles. The second-order valence-corrected chi connectivity index (χ2v) is 5.76. The maximum Gasteiger partial charge on any atom is 0.220 e. The van der Waals surface area contributed by atoms with Crippen molar-refractivity contribution in [2.24, 2.45) is 20.4 Å². The van der Waals surface area contributed by atoms with Gasteiger partial charge >= 0.3 is 0 Å². The molecule has 2 aromatic carbocycles. The van der Waals surface area contributed by atoms with E-state index < -0.39 is 0 Å². The molecule has 2 rings (SSSR count). The molecule has 0 spiro atoms. The van der Waals surface area contributed by atoms with E-state index in [0.29, 0.717) is 24.2 Å². The quantitative estimate of drug-likeness (QED) is 0.312. The first-order valence-corrected chi connectivity index (χ1v) is 8.00. The minimum absolute atomic E-state index is 0.655. The fourth-order valence-electron chi connectivity index (χ4n) is 2.31. The standard InChI is InChI=1S/C18H20N8/c1-13(11-15-3-7-17(8-4-15)23-25-19)21-22-14(2)12-16-5-9-18(10-6-16)24-26-20/h3-10,19-20H,11-12H2,1-2H3/q+2/b21-13-,22-14+. The molecule has 8 nitrogen and oxygen atoms in total. The summed E-state index contributed by atoms with van der Waals surface area (Å²) in [6.07, 6.45) is 1.39. The van der Waals surface area contributed by atoms with Gasteiger partial charge in [-0.05, 0) is 49.2 Å². The molecule has 8 heteroatoms. The summed E-state index contributed by atoms with van der Waals surface area (Å²) in [5, 5.41) is 15.9. The SMILES string of the molecule is C/C(Cc1ccc(N=[N+]=N)cc1)=N/N=C(\C)Cc1ccc(N=[N+]=N)cc1. The van der Waals surface area contributed by atoms with Crippen LogP contribution in [0, 0.1) is 11.1 Å². The number of benzene rings is 2. The molecular formula is C18H20N8+2. The van der Waals surface area contributed by atoms with Gasteiger partial charge in [-0.1, -0.05) is 24.3 Å². The Balaban J connectivity index is 1.96. The third kappa shape index (κ3) is 6.13. The molecule has 0 saturated carbocycles. The lowest BCUT2D eigenvalue weighted by molar-refractivity contribution is 0.991. The lowest BCUT2D eigenvalue weighted by Crippen LogP contribution is -2.00. The van der Waals surface area contributed by atoms with E-state index in [2.05, 4.69) is 30.3 Å². The molecule has 0 aliphatic rings. The topological polar surface area (TPSA) is 125 Å². The molecule has 2 N–H and O–H groups in total. The maximum absolute atomic E-state index is 6.72. The molecule has 0 amide bonds. The number of hydrogen-bond acceptors (Lipinski definition) is 6. The first-order chi connectivity index (χ1) is 12.6. The molecule has 0 atom stereocenters. The van der Waals surface area contributed by atoms with Crippen LogP contribution in [0.2, 0.25) is 0 Å². The number of hydrogen-bond donors (Lipinski definition) is 2. The van der Waals surface area contributed by atoms with Crippen molar-refractivity contribution < 1.29 is 0 Å². The highest BCUT2D eigenvalue weighted by Gasteiger charge is 2.01. The average molecular weight is 348 g/mol. The van der Waals surface area contributed by atoms with Gasteiger partial charge in [0.2, 0.25) is 9.82 Å². The van der Waals surface area contributed by atoms with E-state index in [4.69, 9.17) is 11.1 Å². The molecule has 26 heavy (non-hydrogen) atoms. The lowest BCUT2D eigenvalue weighted by atomic mass is 10.1. The predicted molar refractivity (Wildman–Crippen MR) is 100 cm³/mol. The molecule has 0 fully saturated rings. The first kappa shape index (κ1) is 18.7. The molecular weight excluding hydrogens is 328 g/mol. The average Bonchev–Trinajstić information content (AvgIpc) is 2.64. The van der Waals surface area contributed by atoms with Gasteiger partial charge < -0.3 is 0 Å². The number of nitrogens with zero attached hydrogens (tertiary/aromatic N) is 6. The molecule has 0 bridgehead atoms. The smallest absolute Gasteiger partial charge is 0.160 e. The Kier molecular flexibility index (Phi) is 6.94. The van der Waals surface area contributed by atoms with E-state index in [1.54, 1.807) is 0 Å². The summed E-state index contributed by atoms with van der Waals surface area (Å²) in [5.74, 6) is 0. The van der Waals surface area contributed by atoms with Crippen LogP contribution in [0.15, 0.2) is 69.0 Å². The van der Waals surface area contributed by atoms with E-state index in [-0.39, 0.29) is 0 Å². The van der Waals surface area contributed by atoms with Crippen molar-refractivity contribution in [3.8, 4) is 0 Å². The number of rotatable bonds is 7. The summed E-state index contributed by atoms with van der Waals surface area (Å²) in [6, 6.07) is 15.0. The van der Waals surface area contributed by atoms with Crippen molar-refractivity contribution in [1.82, 2.24) is 9.82 Å². The largest absolute Gasteiger partial charge is 0.220 e. The number of nitrogens with one attached hydrogen (secondary N) is 2. The molecule has 0 heterocycles. The van der Waals surface area contributed by atoms with Crippen LogP contribution in [0.3, 0.4) is 0 Å². The third-order valence-electron chi connectivity index (χ3n) is 3.51. The van der Waals surface area contributed by atoms with Gasteiger partial charge in [0, 0.05) is 24.3 Å². The zero-order valence-corrected chi connectivity index (χ0v) is 14.7. The zero-order valence-electron chi connectivity index (χ0n) is 14.7. The zero-order chi connectivity index (χ0) is 18.8. The molecule has 0 aliphatic heterocycles. The van der Waals surface area contributed by atoms with Crippen molar-refractivity contribution in [2.45, 2.75) is 26.7 Å². The van der Waals surface area contributed by atoms with Gasteiger partial charge in [0.1, 0.15) is 11.1 Å².